The van der Waals surface area contributed by atoms with Crippen molar-refractivity contribution in [3.05, 3.63) is 125 Å². The van der Waals surface area contributed by atoms with Gasteiger partial charge in [0.1, 0.15) is 5.75 Å². The first-order valence-corrected chi connectivity index (χ1v) is 13.8. The molecule has 0 aromatic heterocycles. The minimum Gasteiger partial charge on any atom is -0.504 e. The van der Waals surface area contributed by atoms with Gasteiger partial charge in [-0.15, -0.1) is 0 Å². The van der Waals surface area contributed by atoms with Crippen LogP contribution in [0.1, 0.15) is 29.2 Å². The molecular formula is C32H25N3O4S. The van der Waals surface area contributed by atoms with Crippen LogP contribution in [0.15, 0.2) is 113 Å². The van der Waals surface area contributed by atoms with Gasteiger partial charge in [-0.2, -0.15) is 5.10 Å². The Morgan fingerprint density at radius 3 is 2.50 bits per heavy atom. The summed E-state index contributed by atoms with van der Waals surface area (Å²) in [4.78, 5) is 16.3. The van der Waals surface area contributed by atoms with Gasteiger partial charge < -0.3 is 14.6 Å². The van der Waals surface area contributed by atoms with E-state index in [9.17, 15) is 9.90 Å². The summed E-state index contributed by atoms with van der Waals surface area (Å²) in [5, 5.41) is 17.1. The van der Waals surface area contributed by atoms with Crippen LogP contribution in [0.3, 0.4) is 0 Å². The largest absolute Gasteiger partial charge is 0.504 e. The third kappa shape index (κ3) is 3.75. The zero-order valence-electron chi connectivity index (χ0n) is 21.6. The van der Waals surface area contributed by atoms with Crippen molar-refractivity contribution in [1.82, 2.24) is 5.01 Å². The smallest absolute Gasteiger partial charge is 0.321 e. The van der Waals surface area contributed by atoms with Gasteiger partial charge in [0.15, 0.2) is 11.5 Å². The molecule has 198 valence electrons. The maximum atomic E-state index is 13.9. The highest BCUT2D eigenvalue weighted by atomic mass is 32.2. The lowest BCUT2D eigenvalue weighted by Crippen LogP contribution is -2.63. The normalized spacial score (nSPS) is 22.2. The Balaban J connectivity index is 1.48. The molecule has 8 heteroatoms. The number of nitrogens with zero attached hydrogens (tertiary/aromatic N) is 3. The van der Waals surface area contributed by atoms with Crippen molar-refractivity contribution < 1.29 is 19.4 Å². The lowest BCUT2D eigenvalue weighted by molar-refractivity contribution is -0.0763. The highest BCUT2D eigenvalue weighted by molar-refractivity contribution is 8.17. The molecule has 40 heavy (non-hydrogen) atoms. The second kappa shape index (κ2) is 9.50. The Bertz CT molecular complexity index is 1670. The first kappa shape index (κ1) is 24.4. The van der Waals surface area contributed by atoms with E-state index in [4.69, 9.17) is 14.6 Å². The van der Waals surface area contributed by atoms with Crippen LogP contribution in [-0.4, -0.2) is 34.0 Å². The van der Waals surface area contributed by atoms with Crippen LogP contribution in [0.2, 0.25) is 0 Å². The zero-order valence-corrected chi connectivity index (χ0v) is 22.4. The van der Waals surface area contributed by atoms with Crippen LogP contribution >= 0.6 is 11.8 Å². The van der Waals surface area contributed by atoms with Crippen LogP contribution in [-0.2, 0) is 0 Å². The van der Waals surface area contributed by atoms with Gasteiger partial charge in [0.25, 0.3) is 5.24 Å². The molecule has 3 heterocycles. The second-order valence-corrected chi connectivity index (χ2v) is 10.7. The topological polar surface area (TPSA) is 74.6 Å². The number of hydrogen-bond donors (Lipinski definition) is 1. The van der Waals surface area contributed by atoms with Crippen molar-refractivity contribution >= 4 is 34.5 Å². The number of hydrazone groups is 1. The summed E-state index contributed by atoms with van der Waals surface area (Å²) in [6.45, 7) is 0. The Morgan fingerprint density at radius 2 is 1.73 bits per heavy atom. The monoisotopic (exact) mass is 547 g/mol. The van der Waals surface area contributed by atoms with E-state index in [1.807, 2.05) is 77.8 Å². The number of rotatable bonds is 4. The molecule has 2 atom stereocenters. The molecule has 2 unspecified atom stereocenters. The van der Waals surface area contributed by atoms with Gasteiger partial charge in [0, 0.05) is 12.0 Å². The van der Waals surface area contributed by atoms with Crippen LogP contribution in [0.25, 0.3) is 6.08 Å². The van der Waals surface area contributed by atoms with E-state index < -0.39 is 5.85 Å². The number of anilines is 1. The van der Waals surface area contributed by atoms with Crippen molar-refractivity contribution in [2.75, 3.05) is 12.0 Å². The summed E-state index contributed by atoms with van der Waals surface area (Å²) in [5.74, 6) is -0.279. The molecule has 7 nitrogen and oxygen atoms in total. The highest BCUT2D eigenvalue weighted by Crippen LogP contribution is 2.57. The van der Waals surface area contributed by atoms with E-state index in [1.165, 1.54) is 7.11 Å². The first-order valence-electron chi connectivity index (χ1n) is 12.9. The fourth-order valence-corrected chi connectivity index (χ4v) is 6.62. The number of phenols is 1. The summed E-state index contributed by atoms with van der Waals surface area (Å²) in [6.07, 6.45) is 2.57. The van der Waals surface area contributed by atoms with Crippen LogP contribution in [0, 0.1) is 0 Å². The van der Waals surface area contributed by atoms with E-state index in [0.717, 1.165) is 34.2 Å². The molecule has 0 saturated carbocycles. The fraction of sp³-hybridized carbons (Fsp3) is 0.125. The van der Waals surface area contributed by atoms with Gasteiger partial charge in [-0.25, -0.2) is 9.91 Å². The van der Waals surface area contributed by atoms with E-state index in [0.29, 0.717) is 28.5 Å². The molecule has 1 fully saturated rings. The van der Waals surface area contributed by atoms with Crippen LogP contribution < -0.4 is 14.4 Å². The van der Waals surface area contributed by atoms with Gasteiger partial charge in [-0.3, -0.25) is 4.79 Å². The SMILES string of the molecule is COc1cc(/C=C2\SC(=O)N(c3ccccc3)C23Oc2ccccc2C2CC(c4ccccc4)=NN23)ccc1O. The summed E-state index contributed by atoms with van der Waals surface area (Å²) < 4.78 is 12.3. The average Bonchev–Trinajstić information content (AvgIpc) is 3.56. The number of hydrogen-bond acceptors (Lipinski definition) is 7. The van der Waals surface area contributed by atoms with Crippen molar-refractivity contribution in [2.24, 2.45) is 5.10 Å². The van der Waals surface area contributed by atoms with Crippen molar-refractivity contribution in [3.8, 4) is 17.2 Å². The van der Waals surface area contributed by atoms with Gasteiger partial charge >= 0.3 is 5.85 Å². The van der Waals surface area contributed by atoms with Gasteiger partial charge in [0.2, 0.25) is 0 Å². The van der Waals surface area contributed by atoms with Gasteiger partial charge in [-0.05, 0) is 59.3 Å². The fourth-order valence-electron chi connectivity index (χ4n) is 5.55. The third-order valence-electron chi connectivity index (χ3n) is 7.38. The summed E-state index contributed by atoms with van der Waals surface area (Å²) in [5.41, 5.74) is 4.43. The molecule has 1 amide bonds. The lowest BCUT2D eigenvalue weighted by atomic mass is 9.95. The van der Waals surface area contributed by atoms with E-state index in [2.05, 4.69) is 18.2 Å². The molecule has 7 rings (SSSR count). The Kier molecular flexibility index (Phi) is 5.78. The molecule has 1 spiro atoms. The summed E-state index contributed by atoms with van der Waals surface area (Å²) in [7, 11) is 1.51. The Morgan fingerprint density at radius 1 is 1.00 bits per heavy atom. The molecule has 1 saturated heterocycles. The number of para-hydroxylation sites is 2. The number of ether oxygens (including phenoxy) is 2. The van der Waals surface area contributed by atoms with Crippen LogP contribution in [0.5, 0.6) is 17.2 Å². The molecule has 0 aliphatic carbocycles. The quantitative estimate of drug-likeness (QED) is 0.296. The molecule has 4 aromatic carbocycles. The number of aromatic hydroxyl groups is 1. The lowest BCUT2D eigenvalue weighted by Gasteiger charge is -2.49. The predicted octanol–water partition coefficient (Wildman–Crippen LogP) is 7.01. The first-order chi connectivity index (χ1) is 19.6. The number of phenolic OH excluding ortho intramolecular Hbond substituents is 1. The highest BCUT2D eigenvalue weighted by Gasteiger charge is 2.63. The predicted molar refractivity (Wildman–Crippen MR) is 157 cm³/mol. The zero-order chi connectivity index (χ0) is 27.3. The van der Waals surface area contributed by atoms with Crippen molar-refractivity contribution in [2.45, 2.75) is 18.3 Å². The maximum absolute atomic E-state index is 13.9. The standard InChI is InChI=1S/C32H25N3O4S/c1-38-29-18-21(16-17-27(29)36)19-30-32(34(31(37)40-30)23-12-6-3-7-13-23)35-26(24-14-8-9-15-28(24)39-32)20-25(33-35)22-10-4-2-5-11-22/h2-19,26,36H,20H2,1H3/b30-19-. The number of carbonyl (C=O) groups excluding carboxylic acids is 1. The molecular weight excluding hydrogens is 522 g/mol. The number of thioether (sulfide) groups is 1. The molecule has 3 aliphatic rings. The number of carbonyl (C=O) groups is 1. The number of fused-ring (bicyclic) bond motifs is 4. The van der Waals surface area contributed by atoms with Crippen LogP contribution in [0.4, 0.5) is 10.5 Å². The minimum absolute atomic E-state index is 0.0416. The van der Waals surface area contributed by atoms with Gasteiger partial charge in [0.05, 0.1) is 29.5 Å². The summed E-state index contributed by atoms with van der Waals surface area (Å²) >= 11 is 1.12. The Hall–Kier alpha value is -4.69. The van der Waals surface area contributed by atoms with E-state index in [-0.39, 0.29) is 17.0 Å². The average molecular weight is 548 g/mol. The summed E-state index contributed by atoms with van der Waals surface area (Å²) in [6, 6.07) is 32.6. The minimum atomic E-state index is -1.37. The van der Waals surface area contributed by atoms with Gasteiger partial charge in [-0.1, -0.05) is 72.8 Å². The molecule has 0 radical (unpaired) electrons. The van der Waals surface area contributed by atoms with E-state index >= 15 is 0 Å². The molecule has 0 bridgehead atoms. The van der Waals surface area contributed by atoms with Crippen molar-refractivity contribution in [1.29, 1.82) is 0 Å². The molecule has 1 N–H and O–H groups in total. The third-order valence-corrected chi connectivity index (χ3v) is 8.34. The molecule has 3 aliphatic heterocycles. The van der Waals surface area contributed by atoms with Crippen molar-refractivity contribution in [3.63, 3.8) is 0 Å². The maximum Gasteiger partial charge on any atom is 0.321 e. The molecule has 4 aromatic rings. The number of benzene rings is 4. The van der Waals surface area contributed by atoms with E-state index in [1.54, 1.807) is 23.1 Å². The number of amides is 1. The number of methoxy groups -OCH3 is 1. The Labute approximate surface area is 236 Å². The second-order valence-electron chi connectivity index (χ2n) is 9.70.